The van der Waals surface area contributed by atoms with Crippen LogP contribution in [-0.2, 0) is 16.4 Å². The summed E-state index contributed by atoms with van der Waals surface area (Å²) in [7, 11) is -3.58. The first-order chi connectivity index (χ1) is 14.5. The zero-order chi connectivity index (χ0) is 20.7. The molecule has 4 aromatic rings. The normalized spacial score (nSPS) is 13.4. The second-order valence-corrected chi connectivity index (χ2v) is 8.74. The number of hydrogen-bond acceptors (Lipinski definition) is 6. The van der Waals surface area contributed by atoms with Gasteiger partial charge in [-0.2, -0.15) is 0 Å². The maximum atomic E-state index is 12.3. The fourth-order valence-corrected chi connectivity index (χ4v) is 4.51. The summed E-state index contributed by atoms with van der Waals surface area (Å²) < 4.78 is 33.0. The number of aromatic nitrogens is 2. The molecule has 3 heterocycles. The van der Waals surface area contributed by atoms with Crippen molar-refractivity contribution in [2.45, 2.75) is 18.2 Å². The minimum Gasteiger partial charge on any atom is -0.435 e. The van der Waals surface area contributed by atoms with Gasteiger partial charge in [0.2, 0.25) is 15.9 Å². The molecule has 0 unspecified atom stereocenters. The van der Waals surface area contributed by atoms with E-state index in [1.807, 2.05) is 42.5 Å². The van der Waals surface area contributed by atoms with Gasteiger partial charge in [-0.25, -0.2) is 23.1 Å². The molecule has 8 heteroatoms. The van der Waals surface area contributed by atoms with Crippen molar-refractivity contribution in [2.75, 3.05) is 6.54 Å². The van der Waals surface area contributed by atoms with Gasteiger partial charge in [-0.3, -0.25) is 4.98 Å². The molecule has 1 aliphatic rings. The highest BCUT2D eigenvalue weighted by molar-refractivity contribution is 7.89. The maximum Gasteiger partial charge on any atom is 0.242 e. The highest BCUT2D eigenvalue weighted by Crippen LogP contribution is 2.30. The van der Waals surface area contributed by atoms with Crippen molar-refractivity contribution in [3.05, 3.63) is 72.4 Å². The van der Waals surface area contributed by atoms with Gasteiger partial charge >= 0.3 is 0 Å². The van der Waals surface area contributed by atoms with Gasteiger partial charge in [0.1, 0.15) is 16.1 Å². The van der Waals surface area contributed by atoms with E-state index >= 15 is 0 Å². The topological polar surface area (TPSA) is 97.5 Å². The van der Waals surface area contributed by atoms with Crippen molar-refractivity contribution in [2.24, 2.45) is 4.99 Å². The van der Waals surface area contributed by atoms with Crippen LogP contribution in [0.2, 0.25) is 0 Å². The third kappa shape index (κ3) is 3.30. The van der Waals surface area contributed by atoms with Crippen LogP contribution in [-0.4, -0.2) is 30.6 Å². The Morgan fingerprint density at radius 3 is 2.77 bits per heavy atom. The largest absolute Gasteiger partial charge is 0.435 e. The van der Waals surface area contributed by atoms with Crippen molar-refractivity contribution in [1.29, 1.82) is 0 Å². The number of nitrogens with zero attached hydrogens (tertiary/aromatic N) is 3. The quantitative estimate of drug-likeness (QED) is 0.531. The molecule has 0 aliphatic carbocycles. The number of hydrogen-bond donors (Lipinski definition) is 1. The molecule has 150 valence electrons. The van der Waals surface area contributed by atoms with Gasteiger partial charge in [-0.15, -0.1) is 0 Å². The summed E-state index contributed by atoms with van der Waals surface area (Å²) in [6, 6.07) is 15.1. The number of aliphatic imine (C=N–C) groups is 1. The molecule has 5 rings (SSSR count). The second kappa shape index (κ2) is 7.16. The van der Waals surface area contributed by atoms with Gasteiger partial charge in [0.15, 0.2) is 5.58 Å². The predicted octanol–water partition coefficient (Wildman–Crippen LogP) is 3.86. The lowest BCUT2D eigenvalue weighted by atomic mass is 10.1. The van der Waals surface area contributed by atoms with Crippen molar-refractivity contribution in [3.63, 3.8) is 0 Å². The van der Waals surface area contributed by atoms with E-state index in [2.05, 4.69) is 19.7 Å². The zero-order valence-corrected chi connectivity index (χ0v) is 17.0. The van der Waals surface area contributed by atoms with E-state index in [9.17, 15) is 8.42 Å². The minimum absolute atomic E-state index is 0.123. The first-order valence-electron chi connectivity index (χ1n) is 9.55. The van der Waals surface area contributed by atoms with Gasteiger partial charge in [-0.1, -0.05) is 31.2 Å². The van der Waals surface area contributed by atoms with Crippen LogP contribution < -0.4 is 4.72 Å². The molecule has 7 nitrogen and oxygen atoms in total. The van der Waals surface area contributed by atoms with Crippen LogP contribution >= 0.6 is 0 Å². The van der Waals surface area contributed by atoms with Crippen LogP contribution in [0.4, 0.5) is 5.69 Å². The fourth-order valence-electron chi connectivity index (χ4n) is 3.48. The number of sulfonamides is 1. The fraction of sp³-hybridized carbons (Fsp3) is 0.136. The average molecular weight is 418 g/mol. The summed E-state index contributed by atoms with van der Waals surface area (Å²) in [5.41, 5.74) is 5.70. The Bertz CT molecular complexity index is 1410. The SMILES string of the molecule is CCNS(=O)(=O)c1cncc(-c2ccc3nc(C4=Nc5ccccc5C4)oc3c2)c1. The molecular formula is C22H18N4O3S. The molecule has 0 saturated carbocycles. The average Bonchev–Trinajstić information content (AvgIpc) is 3.37. The van der Waals surface area contributed by atoms with Crippen LogP contribution in [0.3, 0.4) is 0 Å². The smallest absolute Gasteiger partial charge is 0.242 e. The number of benzene rings is 2. The lowest BCUT2D eigenvalue weighted by Crippen LogP contribution is -2.23. The number of oxazole rings is 1. The Morgan fingerprint density at radius 2 is 1.93 bits per heavy atom. The summed E-state index contributed by atoms with van der Waals surface area (Å²) in [5, 5.41) is 0. The zero-order valence-electron chi connectivity index (χ0n) is 16.2. The summed E-state index contributed by atoms with van der Waals surface area (Å²) in [4.78, 5) is 13.4. The van der Waals surface area contributed by atoms with Crippen LogP contribution in [0, 0.1) is 0 Å². The molecule has 0 amide bonds. The van der Waals surface area contributed by atoms with Crippen molar-refractivity contribution in [3.8, 4) is 11.1 Å². The number of nitrogens with one attached hydrogen (secondary N) is 1. The molecule has 0 spiro atoms. The number of pyridine rings is 1. The first kappa shape index (κ1) is 18.7. The Balaban J connectivity index is 1.50. The highest BCUT2D eigenvalue weighted by Gasteiger charge is 2.20. The van der Waals surface area contributed by atoms with E-state index in [0.29, 0.717) is 30.0 Å². The van der Waals surface area contributed by atoms with Crippen LogP contribution in [0.15, 0.2) is 75.2 Å². The Labute approximate surface area is 173 Å². The predicted molar refractivity (Wildman–Crippen MR) is 114 cm³/mol. The first-order valence-corrected chi connectivity index (χ1v) is 11.0. The summed E-state index contributed by atoms with van der Waals surface area (Å²) in [5.74, 6) is 0.500. The van der Waals surface area contributed by atoms with Gasteiger partial charge < -0.3 is 4.42 Å². The van der Waals surface area contributed by atoms with E-state index in [-0.39, 0.29) is 4.90 Å². The highest BCUT2D eigenvalue weighted by atomic mass is 32.2. The summed E-state index contributed by atoms with van der Waals surface area (Å²) >= 11 is 0. The van der Waals surface area contributed by atoms with E-state index in [4.69, 9.17) is 4.42 Å². The number of para-hydroxylation sites is 1. The molecule has 0 atom stereocenters. The second-order valence-electron chi connectivity index (χ2n) is 6.98. The molecule has 1 N–H and O–H groups in total. The molecule has 2 aromatic carbocycles. The van der Waals surface area contributed by atoms with Gasteiger partial charge in [0, 0.05) is 30.9 Å². The Morgan fingerprint density at radius 1 is 1.07 bits per heavy atom. The minimum atomic E-state index is -3.58. The molecule has 1 aliphatic heterocycles. The lowest BCUT2D eigenvalue weighted by molar-refractivity contribution is 0.583. The molecule has 2 aromatic heterocycles. The van der Waals surface area contributed by atoms with E-state index < -0.39 is 10.0 Å². The van der Waals surface area contributed by atoms with Crippen LogP contribution in [0.1, 0.15) is 18.4 Å². The summed E-state index contributed by atoms with van der Waals surface area (Å²) in [6.45, 7) is 2.05. The molecule has 30 heavy (non-hydrogen) atoms. The number of fused-ring (bicyclic) bond motifs is 2. The third-order valence-corrected chi connectivity index (χ3v) is 6.44. The van der Waals surface area contributed by atoms with E-state index in [1.165, 1.54) is 6.20 Å². The van der Waals surface area contributed by atoms with Crippen LogP contribution in [0.25, 0.3) is 22.2 Å². The van der Waals surface area contributed by atoms with E-state index in [1.54, 1.807) is 19.2 Å². The summed E-state index contributed by atoms with van der Waals surface area (Å²) in [6.07, 6.45) is 3.65. The van der Waals surface area contributed by atoms with Crippen molar-refractivity contribution in [1.82, 2.24) is 14.7 Å². The standard InChI is InChI=1S/C22H18N4O3S/c1-2-24-30(27,28)17-9-16(12-23-13-17)14-7-8-19-21(11-14)29-22(26-19)20-10-15-5-3-4-6-18(15)25-20/h3-9,11-13,24H,2,10H2,1H3. The third-order valence-electron chi connectivity index (χ3n) is 4.93. The number of rotatable bonds is 5. The van der Waals surface area contributed by atoms with Gasteiger partial charge in [0.25, 0.3) is 0 Å². The molecule has 0 saturated heterocycles. The monoisotopic (exact) mass is 418 g/mol. The van der Waals surface area contributed by atoms with Gasteiger partial charge in [-0.05, 0) is 35.4 Å². The van der Waals surface area contributed by atoms with Crippen LogP contribution in [0.5, 0.6) is 0 Å². The molecule has 0 bridgehead atoms. The Kier molecular flexibility index (Phi) is 4.45. The molecule has 0 fully saturated rings. The van der Waals surface area contributed by atoms with Crippen molar-refractivity contribution >= 4 is 32.5 Å². The maximum absolute atomic E-state index is 12.3. The molecule has 0 radical (unpaired) electrons. The molecular weight excluding hydrogens is 400 g/mol. The van der Waals surface area contributed by atoms with E-state index in [0.717, 1.165) is 28.0 Å². The Hall–Kier alpha value is -3.36. The lowest BCUT2D eigenvalue weighted by Gasteiger charge is -2.06. The van der Waals surface area contributed by atoms with Gasteiger partial charge in [0.05, 0.1) is 5.69 Å². The van der Waals surface area contributed by atoms with Crippen molar-refractivity contribution < 1.29 is 12.8 Å².